The molecule has 1 aliphatic heterocycles. The summed E-state index contributed by atoms with van der Waals surface area (Å²) in [5.74, 6) is 2.46. The molecule has 2 aromatic rings. The maximum Gasteiger partial charge on any atom is 0.349 e. The van der Waals surface area contributed by atoms with E-state index < -0.39 is 0 Å². The molecule has 164 valence electrons. The van der Waals surface area contributed by atoms with E-state index in [0.717, 1.165) is 36.6 Å². The van der Waals surface area contributed by atoms with Gasteiger partial charge in [0.15, 0.2) is 18.1 Å². The predicted molar refractivity (Wildman–Crippen MR) is 118 cm³/mol. The second kappa shape index (κ2) is 9.02. The van der Waals surface area contributed by atoms with Gasteiger partial charge in [-0.25, -0.2) is 4.79 Å². The Labute approximate surface area is 183 Å². The van der Waals surface area contributed by atoms with Crippen LogP contribution in [0.4, 0.5) is 0 Å². The fourth-order valence-electron chi connectivity index (χ4n) is 4.78. The maximum absolute atomic E-state index is 12.3. The number of methoxy groups -OCH3 is 2. The van der Waals surface area contributed by atoms with Gasteiger partial charge in [-0.15, -0.1) is 0 Å². The number of benzene rings is 2. The molecule has 4 rings (SSSR count). The molecule has 6 heteroatoms. The SMILES string of the molecule is COc1ccc(C23CCC(OC(=O)COc4ccccc4)=CC2N(C)CC3)cc1OC. The summed E-state index contributed by atoms with van der Waals surface area (Å²) in [4.78, 5) is 14.7. The third kappa shape index (κ3) is 4.26. The molecule has 0 aromatic heterocycles. The first kappa shape index (κ1) is 21.2. The molecule has 0 spiro atoms. The number of hydrogen-bond donors (Lipinski definition) is 0. The number of carbonyl (C=O) groups excluding carboxylic acids is 1. The van der Waals surface area contributed by atoms with Gasteiger partial charge in [-0.1, -0.05) is 24.3 Å². The molecule has 1 saturated heterocycles. The first-order valence-electron chi connectivity index (χ1n) is 10.6. The number of nitrogens with zero attached hydrogens (tertiary/aromatic N) is 1. The number of rotatable bonds is 7. The minimum atomic E-state index is -0.380. The first-order valence-corrected chi connectivity index (χ1v) is 10.6. The lowest BCUT2D eigenvalue weighted by atomic mass is 9.68. The Morgan fingerprint density at radius 1 is 1.06 bits per heavy atom. The highest BCUT2D eigenvalue weighted by atomic mass is 16.6. The molecule has 0 saturated carbocycles. The number of likely N-dealkylation sites (tertiary alicyclic amines) is 1. The Kier molecular flexibility index (Phi) is 6.18. The lowest BCUT2D eigenvalue weighted by Crippen LogP contribution is -2.42. The van der Waals surface area contributed by atoms with E-state index in [1.807, 2.05) is 36.4 Å². The van der Waals surface area contributed by atoms with E-state index >= 15 is 0 Å². The fourth-order valence-corrected chi connectivity index (χ4v) is 4.78. The van der Waals surface area contributed by atoms with Crippen molar-refractivity contribution in [2.24, 2.45) is 0 Å². The number of carbonyl (C=O) groups is 1. The minimum absolute atomic E-state index is 0.0370. The largest absolute Gasteiger partial charge is 0.493 e. The third-order valence-corrected chi connectivity index (χ3v) is 6.42. The molecule has 0 N–H and O–H groups in total. The van der Waals surface area contributed by atoms with Crippen LogP contribution in [-0.2, 0) is 14.9 Å². The summed E-state index contributed by atoms with van der Waals surface area (Å²) in [7, 11) is 5.42. The molecule has 1 fully saturated rings. The van der Waals surface area contributed by atoms with Crippen LogP contribution in [-0.4, -0.2) is 51.3 Å². The highest BCUT2D eigenvalue weighted by Crippen LogP contribution is 2.49. The first-order chi connectivity index (χ1) is 15.1. The summed E-state index contributed by atoms with van der Waals surface area (Å²) in [6.07, 6.45) is 4.75. The Morgan fingerprint density at radius 3 is 2.58 bits per heavy atom. The van der Waals surface area contributed by atoms with Crippen molar-refractivity contribution in [1.82, 2.24) is 4.90 Å². The van der Waals surface area contributed by atoms with Gasteiger partial charge in [0.25, 0.3) is 0 Å². The molecule has 1 aliphatic carbocycles. The Hall–Kier alpha value is -2.99. The average molecular weight is 424 g/mol. The van der Waals surface area contributed by atoms with Crippen LogP contribution < -0.4 is 14.2 Å². The normalized spacial score (nSPS) is 22.9. The number of allylic oxidation sites excluding steroid dienone is 1. The molecule has 2 unspecified atom stereocenters. The number of para-hydroxylation sites is 1. The molecular formula is C25H29NO5. The van der Waals surface area contributed by atoms with E-state index in [9.17, 15) is 4.79 Å². The zero-order valence-electron chi connectivity index (χ0n) is 18.3. The quantitative estimate of drug-likeness (QED) is 0.629. The van der Waals surface area contributed by atoms with E-state index in [0.29, 0.717) is 12.2 Å². The van der Waals surface area contributed by atoms with Gasteiger partial charge in [0.2, 0.25) is 0 Å². The Balaban J connectivity index is 1.50. The zero-order valence-corrected chi connectivity index (χ0v) is 18.3. The predicted octanol–water partition coefficient (Wildman–Crippen LogP) is 3.95. The van der Waals surface area contributed by atoms with Crippen molar-refractivity contribution in [2.75, 3.05) is 34.4 Å². The van der Waals surface area contributed by atoms with Crippen LogP contribution in [0.2, 0.25) is 0 Å². The van der Waals surface area contributed by atoms with Gasteiger partial charge >= 0.3 is 5.97 Å². The highest BCUT2D eigenvalue weighted by molar-refractivity contribution is 5.72. The second-order valence-corrected chi connectivity index (χ2v) is 8.11. The number of esters is 1. The van der Waals surface area contributed by atoms with Gasteiger partial charge in [0.1, 0.15) is 11.5 Å². The number of likely N-dealkylation sites (N-methyl/N-ethyl adjacent to an activating group) is 1. The van der Waals surface area contributed by atoms with Crippen LogP contribution in [0.5, 0.6) is 17.2 Å². The summed E-state index contributed by atoms with van der Waals surface area (Å²) in [5, 5.41) is 0. The standard InChI is InChI=1S/C25H29NO5/c1-26-14-13-25(18-9-10-21(28-2)22(15-18)29-3)12-11-20(16-23(25)26)31-24(27)17-30-19-7-5-4-6-8-19/h4-10,15-16,23H,11-14,17H2,1-3H3. The van der Waals surface area contributed by atoms with Crippen molar-refractivity contribution in [3.63, 3.8) is 0 Å². The molecule has 2 aliphatic rings. The topological polar surface area (TPSA) is 57.2 Å². The van der Waals surface area contributed by atoms with Crippen molar-refractivity contribution in [3.8, 4) is 17.2 Å². The molecule has 0 radical (unpaired) electrons. The monoisotopic (exact) mass is 423 g/mol. The molecule has 0 amide bonds. The van der Waals surface area contributed by atoms with Crippen LogP contribution in [0, 0.1) is 0 Å². The average Bonchev–Trinajstić information content (AvgIpc) is 3.15. The van der Waals surface area contributed by atoms with Crippen LogP contribution >= 0.6 is 0 Å². The molecule has 1 heterocycles. The Morgan fingerprint density at radius 2 is 1.84 bits per heavy atom. The minimum Gasteiger partial charge on any atom is -0.493 e. The summed E-state index contributed by atoms with van der Waals surface area (Å²) in [6.45, 7) is 0.872. The highest BCUT2D eigenvalue weighted by Gasteiger charge is 2.48. The van der Waals surface area contributed by atoms with Gasteiger partial charge in [0, 0.05) is 17.9 Å². The smallest absolute Gasteiger partial charge is 0.349 e. The van der Waals surface area contributed by atoms with Gasteiger partial charge in [-0.2, -0.15) is 0 Å². The molecule has 2 aromatic carbocycles. The lowest BCUT2D eigenvalue weighted by Gasteiger charge is -2.40. The van der Waals surface area contributed by atoms with E-state index in [2.05, 4.69) is 30.2 Å². The van der Waals surface area contributed by atoms with Gasteiger partial charge in [-0.05, 0) is 62.3 Å². The van der Waals surface area contributed by atoms with Gasteiger partial charge < -0.3 is 18.9 Å². The molecule has 2 atom stereocenters. The summed E-state index contributed by atoms with van der Waals surface area (Å²) in [6, 6.07) is 15.6. The van der Waals surface area contributed by atoms with Crippen molar-refractivity contribution in [1.29, 1.82) is 0 Å². The third-order valence-electron chi connectivity index (χ3n) is 6.42. The van der Waals surface area contributed by atoms with Crippen LogP contribution in [0.15, 0.2) is 60.4 Å². The van der Waals surface area contributed by atoms with Gasteiger partial charge in [-0.3, -0.25) is 4.90 Å². The zero-order chi connectivity index (χ0) is 21.8. The van der Waals surface area contributed by atoms with E-state index in [1.54, 1.807) is 14.2 Å². The van der Waals surface area contributed by atoms with Crippen LogP contribution in [0.3, 0.4) is 0 Å². The second-order valence-electron chi connectivity index (χ2n) is 8.11. The number of ether oxygens (including phenoxy) is 4. The summed E-state index contributed by atoms with van der Waals surface area (Å²) in [5.41, 5.74) is 1.19. The van der Waals surface area contributed by atoms with Gasteiger partial charge in [0.05, 0.1) is 14.2 Å². The molecular weight excluding hydrogens is 394 g/mol. The van der Waals surface area contributed by atoms with Crippen molar-refractivity contribution in [2.45, 2.75) is 30.7 Å². The molecule has 0 bridgehead atoms. The van der Waals surface area contributed by atoms with E-state index in [1.165, 1.54) is 5.56 Å². The number of fused-ring (bicyclic) bond motifs is 1. The van der Waals surface area contributed by atoms with Crippen molar-refractivity contribution in [3.05, 3.63) is 65.9 Å². The van der Waals surface area contributed by atoms with Crippen LogP contribution in [0.25, 0.3) is 0 Å². The molecule has 31 heavy (non-hydrogen) atoms. The van der Waals surface area contributed by atoms with E-state index in [4.69, 9.17) is 18.9 Å². The van der Waals surface area contributed by atoms with Crippen molar-refractivity contribution >= 4 is 5.97 Å². The summed E-state index contributed by atoms with van der Waals surface area (Å²) >= 11 is 0. The van der Waals surface area contributed by atoms with E-state index in [-0.39, 0.29) is 24.0 Å². The fraction of sp³-hybridized carbons (Fsp3) is 0.400. The van der Waals surface area contributed by atoms with Crippen molar-refractivity contribution < 1.29 is 23.7 Å². The van der Waals surface area contributed by atoms with Crippen LogP contribution in [0.1, 0.15) is 24.8 Å². The molecule has 6 nitrogen and oxygen atoms in total. The summed E-state index contributed by atoms with van der Waals surface area (Å²) < 4.78 is 22.1. The number of hydrogen-bond acceptors (Lipinski definition) is 6. The lowest BCUT2D eigenvalue weighted by molar-refractivity contribution is -0.142. The maximum atomic E-state index is 12.3. The Bertz CT molecular complexity index is 958.